The summed E-state index contributed by atoms with van der Waals surface area (Å²) >= 11 is 0. The van der Waals surface area contributed by atoms with Crippen LogP contribution in [0.5, 0.6) is 0 Å². The van der Waals surface area contributed by atoms with Gasteiger partial charge in [-0.25, -0.2) is 9.97 Å². The van der Waals surface area contributed by atoms with E-state index < -0.39 is 0 Å². The molecular formula is C21H25N5O2. The Morgan fingerprint density at radius 2 is 2.25 bits per heavy atom. The Hall–Kier alpha value is -2.93. The SMILES string of the molecule is COCCn1ccnc1C1CCCN(C(=O)c2cccc(-c3ncc[nH]3)c2)C1. The topological polar surface area (TPSA) is 76.0 Å². The van der Waals surface area contributed by atoms with Gasteiger partial charge in [-0.15, -0.1) is 0 Å². The zero-order chi connectivity index (χ0) is 19.3. The van der Waals surface area contributed by atoms with E-state index >= 15 is 0 Å². The third kappa shape index (κ3) is 3.84. The minimum absolute atomic E-state index is 0.0631. The highest BCUT2D eigenvalue weighted by atomic mass is 16.5. The quantitative estimate of drug-likeness (QED) is 0.714. The lowest BCUT2D eigenvalue weighted by molar-refractivity contribution is 0.0702. The maximum absolute atomic E-state index is 13.1. The number of benzene rings is 1. The van der Waals surface area contributed by atoms with E-state index in [1.807, 2.05) is 41.6 Å². The number of hydrogen-bond donors (Lipinski definition) is 1. The van der Waals surface area contributed by atoms with Gasteiger partial charge in [-0.1, -0.05) is 12.1 Å². The molecule has 28 heavy (non-hydrogen) atoms. The van der Waals surface area contributed by atoms with Crippen molar-refractivity contribution in [3.63, 3.8) is 0 Å². The predicted molar refractivity (Wildman–Crippen MR) is 106 cm³/mol. The average molecular weight is 379 g/mol. The summed E-state index contributed by atoms with van der Waals surface area (Å²) in [5.74, 6) is 2.12. The first kappa shape index (κ1) is 18.4. The fraction of sp³-hybridized carbons (Fsp3) is 0.381. The Kier molecular flexibility index (Phi) is 5.53. The number of imidazole rings is 2. The van der Waals surface area contributed by atoms with Gasteiger partial charge < -0.3 is 19.2 Å². The maximum atomic E-state index is 13.1. The van der Waals surface area contributed by atoms with Crippen LogP contribution in [-0.4, -0.2) is 57.1 Å². The summed E-state index contributed by atoms with van der Waals surface area (Å²) in [5.41, 5.74) is 1.61. The highest BCUT2D eigenvalue weighted by Gasteiger charge is 2.28. The van der Waals surface area contributed by atoms with Gasteiger partial charge in [-0.05, 0) is 25.0 Å². The number of amides is 1. The van der Waals surface area contributed by atoms with Gasteiger partial charge in [0.1, 0.15) is 11.6 Å². The number of methoxy groups -OCH3 is 1. The molecule has 4 rings (SSSR count). The number of carbonyl (C=O) groups is 1. The molecule has 0 spiro atoms. The van der Waals surface area contributed by atoms with Crippen molar-refractivity contribution in [1.82, 2.24) is 24.4 Å². The Morgan fingerprint density at radius 3 is 3.07 bits per heavy atom. The molecule has 0 aliphatic carbocycles. The van der Waals surface area contributed by atoms with Crippen LogP contribution in [0.2, 0.25) is 0 Å². The van der Waals surface area contributed by atoms with Crippen LogP contribution < -0.4 is 0 Å². The Bertz CT molecular complexity index is 919. The van der Waals surface area contributed by atoms with Crippen molar-refractivity contribution in [2.75, 3.05) is 26.8 Å². The standard InChI is InChI=1S/C21H25N5O2/c1-28-13-12-25-11-9-24-20(25)18-6-3-10-26(15-18)21(27)17-5-2-4-16(14-17)19-22-7-8-23-19/h2,4-5,7-9,11,14,18H,3,6,10,12-13,15H2,1H3,(H,22,23). The molecule has 3 heterocycles. The summed E-state index contributed by atoms with van der Waals surface area (Å²) in [6.45, 7) is 2.90. The predicted octanol–water partition coefficient (Wildman–Crippen LogP) is 2.94. The van der Waals surface area contributed by atoms with Gasteiger partial charge in [0, 0.05) is 68.6 Å². The van der Waals surface area contributed by atoms with Gasteiger partial charge in [0.05, 0.1) is 6.61 Å². The van der Waals surface area contributed by atoms with Crippen LogP contribution in [0.4, 0.5) is 0 Å². The molecule has 146 valence electrons. The highest BCUT2D eigenvalue weighted by molar-refractivity contribution is 5.95. The van der Waals surface area contributed by atoms with E-state index in [2.05, 4.69) is 19.5 Å². The van der Waals surface area contributed by atoms with Crippen molar-refractivity contribution in [2.24, 2.45) is 0 Å². The van der Waals surface area contributed by atoms with E-state index in [1.54, 1.807) is 19.5 Å². The average Bonchev–Trinajstić information content (AvgIpc) is 3.44. The Morgan fingerprint density at radius 1 is 1.32 bits per heavy atom. The normalized spacial score (nSPS) is 17.0. The second kappa shape index (κ2) is 8.39. The van der Waals surface area contributed by atoms with Crippen molar-refractivity contribution in [3.8, 4) is 11.4 Å². The number of piperidine rings is 1. The minimum Gasteiger partial charge on any atom is -0.383 e. The van der Waals surface area contributed by atoms with Gasteiger partial charge in [0.2, 0.25) is 0 Å². The molecule has 0 radical (unpaired) electrons. The summed E-state index contributed by atoms with van der Waals surface area (Å²) in [4.78, 5) is 27.0. The molecule has 7 heteroatoms. The number of aromatic amines is 1. The molecule has 1 amide bonds. The number of H-pyrrole nitrogens is 1. The number of nitrogens with one attached hydrogen (secondary N) is 1. The van der Waals surface area contributed by atoms with Crippen molar-refractivity contribution in [2.45, 2.75) is 25.3 Å². The number of hydrogen-bond acceptors (Lipinski definition) is 4. The van der Waals surface area contributed by atoms with Crippen LogP contribution in [0.15, 0.2) is 49.1 Å². The molecule has 1 aliphatic heterocycles. The largest absolute Gasteiger partial charge is 0.383 e. The smallest absolute Gasteiger partial charge is 0.253 e. The number of nitrogens with zero attached hydrogens (tertiary/aromatic N) is 4. The molecule has 1 aromatic carbocycles. The number of likely N-dealkylation sites (tertiary alicyclic amines) is 1. The van der Waals surface area contributed by atoms with E-state index in [-0.39, 0.29) is 11.8 Å². The van der Waals surface area contributed by atoms with Crippen molar-refractivity contribution >= 4 is 5.91 Å². The van der Waals surface area contributed by atoms with E-state index in [0.717, 1.165) is 43.1 Å². The summed E-state index contributed by atoms with van der Waals surface area (Å²) in [5, 5.41) is 0. The van der Waals surface area contributed by atoms with Gasteiger partial charge in [-0.3, -0.25) is 4.79 Å². The first-order chi connectivity index (χ1) is 13.8. The second-order valence-electron chi connectivity index (χ2n) is 7.08. The molecule has 1 unspecified atom stereocenters. The van der Waals surface area contributed by atoms with Gasteiger partial charge in [-0.2, -0.15) is 0 Å². The fourth-order valence-electron chi connectivity index (χ4n) is 3.84. The molecule has 1 N–H and O–H groups in total. The molecule has 0 bridgehead atoms. The summed E-state index contributed by atoms with van der Waals surface area (Å²) in [7, 11) is 1.70. The monoisotopic (exact) mass is 379 g/mol. The van der Waals surface area contributed by atoms with E-state index in [4.69, 9.17) is 4.74 Å². The van der Waals surface area contributed by atoms with E-state index in [0.29, 0.717) is 18.7 Å². The summed E-state index contributed by atoms with van der Waals surface area (Å²) in [6.07, 6.45) is 9.34. The van der Waals surface area contributed by atoms with Crippen LogP contribution in [0, 0.1) is 0 Å². The maximum Gasteiger partial charge on any atom is 0.253 e. The first-order valence-corrected chi connectivity index (χ1v) is 9.65. The molecule has 3 aromatic rings. The molecule has 0 saturated carbocycles. The zero-order valence-electron chi connectivity index (χ0n) is 16.0. The van der Waals surface area contributed by atoms with Crippen LogP contribution >= 0.6 is 0 Å². The van der Waals surface area contributed by atoms with Crippen LogP contribution in [-0.2, 0) is 11.3 Å². The molecule has 1 atom stereocenters. The molecule has 7 nitrogen and oxygen atoms in total. The third-order valence-electron chi connectivity index (χ3n) is 5.24. The molecule has 2 aromatic heterocycles. The van der Waals surface area contributed by atoms with Gasteiger partial charge in [0.25, 0.3) is 5.91 Å². The number of rotatable bonds is 6. The molecule has 1 aliphatic rings. The number of ether oxygens (including phenoxy) is 1. The van der Waals surface area contributed by atoms with E-state index in [1.165, 1.54) is 0 Å². The van der Waals surface area contributed by atoms with Crippen LogP contribution in [0.1, 0.15) is 34.9 Å². The second-order valence-corrected chi connectivity index (χ2v) is 7.08. The Labute approximate surface area is 164 Å². The van der Waals surface area contributed by atoms with Crippen molar-refractivity contribution in [3.05, 3.63) is 60.4 Å². The fourth-order valence-corrected chi connectivity index (χ4v) is 3.84. The lowest BCUT2D eigenvalue weighted by Crippen LogP contribution is -2.39. The van der Waals surface area contributed by atoms with Crippen molar-refractivity contribution < 1.29 is 9.53 Å². The zero-order valence-corrected chi connectivity index (χ0v) is 16.0. The molecule has 1 saturated heterocycles. The minimum atomic E-state index is 0.0631. The van der Waals surface area contributed by atoms with E-state index in [9.17, 15) is 4.79 Å². The highest BCUT2D eigenvalue weighted by Crippen LogP contribution is 2.27. The van der Waals surface area contributed by atoms with Gasteiger partial charge >= 0.3 is 0 Å². The molecular weight excluding hydrogens is 354 g/mol. The molecule has 1 fully saturated rings. The number of aromatic nitrogens is 4. The Balaban J connectivity index is 1.50. The lowest BCUT2D eigenvalue weighted by atomic mass is 9.96. The summed E-state index contributed by atoms with van der Waals surface area (Å²) < 4.78 is 7.33. The lowest BCUT2D eigenvalue weighted by Gasteiger charge is -2.33. The summed E-state index contributed by atoms with van der Waals surface area (Å²) in [6, 6.07) is 7.65. The van der Waals surface area contributed by atoms with Crippen molar-refractivity contribution in [1.29, 1.82) is 0 Å². The number of carbonyl (C=O) groups excluding carboxylic acids is 1. The van der Waals surface area contributed by atoms with Crippen LogP contribution in [0.25, 0.3) is 11.4 Å². The van der Waals surface area contributed by atoms with Crippen LogP contribution in [0.3, 0.4) is 0 Å². The van der Waals surface area contributed by atoms with Gasteiger partial charge in [0.15, 0.2) is 0 Å². The third-order valence-corrected chi connectivity index (χ3v) is 5.24. The first-order valence-electron chi connectivity index (χ1n) is 9.65.